The smallest absolute Gasteiger partial charge is 0.324 e. The Hall–Kier alpha value is -1.08. The molecule has 1 aromatic carbocycles. The van der Waals surface area contributed by atoms with Crippen molar-refractivity contribution in [2.75, 3.05) is 5.32 Å². The average molecular weight is 365 g/mol. The van der Waals surface area contributed by atoms with Crippen molar-refractivity contribution in [3.05, 3.63) is 28.2 Å². The van der Waals surface area contributed by atoms with E-state index in [0.717, 1.165) is 25.3 Å². The van der Waals surface area contributed by atoms with Gasteiger partial charge < -0.3 is 11.1 Å². The first-order chi connectivity index (χ1) is 9.72. The number of hydrogen-bond acceptors (Lipinski definition) is 2. The molecular weight excluding hydrogens is 349 g/mol. The number of rotatable bonds is 2. The molecule has 0 aliphatic heterocycles. The number of carbonyl (C=O) groups is 1. The number of carbonyl (C=O) groups excluding carboxylic acids is 1. The lowest BCUT2D eigenvalue weighted by Gasteiger charge is -2.32. The van der Waals surface area contributed by atoms with Crippen LogP contribution in [0.2, 0.25) is 0 Å². The highest BCUT2D eigenvalue weighted by molar-refractivity contribution is 9.10. The number of halogens is 4. The Balaban J connectivity index is 2.25. The zero-order chi connectivity index (χ0) is 15.7. The molecular formula is C14H16BrF3N2O. The summed E-state index contributed by atoms with van der Waals surface area (Å²) in [6.07, 6.45) is -0.917. The predicted octanol–water partition coefficient (Wildman–Crippen LogP) is 4.07. The van der Waals surface area contributed by atoms with Gasteiger partial charge >= 0.3 is 6.18 Å². The Morgan fingerprint density at radius 1 is 1.24 bits per heavy atom. The van der Waals surface area contributed by atoms with Crippen LogP contribution in [0.25, 0.3) is 0 Å². The largest absolute Gasteiger partial charge is 0.418 e. The minimum absolute atomic E-state index is 0.258. The Bertz CT molecular complexity index is 540. The Morgan fingerprint density at radius 2 is 1.86 bits per heavy atom. The van der Waals surface area contributed by atoms with E-state index in [1.807, 2.05) is 0 Å². The first-order valence-electron chi connectivity index (χ1n) is 6.69. The zero-order valence-electron chi connectivity index (χ0n) is 11.3. The van der Waals surface area contributed by atoms with Crippen LogP contribution in [0.15, 0.2) is 22.7 Å². The fourth-order valence-electron chi connectivity index (χ4n) is 2.52. The average Bonchev–Trinajstić information content (AvgIpc) is 2.40. The second kappa shape index (κ2) is 5.96. The molecule has 7 heteroatoms. The summed E-state index contributed by atoms with van der Waals surface area (Å²) in [5.41, 5.74) is 3.82. The lowest BCUT2D eigenvalue weighted by atomic mass is 9.82. The number of nitrogens with one attached hydrogen (secondary N) is 1. The summed E-state index contributed by atoms with van der Waals surface area (Å²) in [6.45, 7) is 0. The van der Waals surface area contributed by atoms with Gasteiger partial charge in [-0.05, 0) is 31.0 Å². The summed E-state index contributed by atoms with van der Waals surface area (Å²) in [6, 6.07) is 3.63. The molecule has 1 aliphatic rings. The molecule has 0 saturated heterocycles. The standard InChI is InChI=1S/C14H16BrF3N2O/c15-9-4-5-11(10(8-9)14(16,17)18)20-12(21)13(19)6-2-1-3-7-13/h4-5,8H,1-3,6-7,19H2,(H,20,21). The van der Waals surface area contributed by atoms with Crippen molar-refractivity contribution in [3.8, 4) is 0 Å². The minimum Gasteiger partial charge on any atom is -0.324 e. The van der Waals surface area contributed by atoms with Crippen molar-refractivity contribution < 1.29 is 18.0 Å². The predicted molar refractivity (Wildman–Crippen MR) is 77.8 cm³/mol. The van der Waals surface area contributed by atoms with E-state index in [2.05, 4.69) is 21.2 Å². The molecule has 1 aliphatic carbocycles. The van der Waals surface area contributed by atoms with E-state index in [1.54, 1.807) is 0 Å². The van der Waals surface area contributed by atoms with Crippen LogP contribution < -0.4 is 11.1 Å². The van der Waals surface area contributed by atoms with Crippen LogP contribution in [0.1, 0.15) is 37.7 Å². The van der Waals surface area contributed by atoms with Gasteiger partial charge in [0.05, 0.1) is 16.8 Å². The molecule has 1 aromatic rings. The molecule has 0 radical (unpaired) electrons. The molecule has 21 heavy (non-hydrogen) atoms. The van der Waals surface area contributed by atoms with Gasteiger partial charge in [0.1, 0.15) is 0 Å². The summed E-state index contributed by atoms with van der Waals surface area (Å²) in [5.74, 6) is -0.546. The molecule has 0 spiro atoms. The molecule has 0 aromatic heterocycles. The maximum Gasteiger partial charge on any atom is 0.418 e. The van der Waals surface area contributed by atoms with Crippen molar-refractivity contribution in [3.63, 3.8) is 0 Å². The van der Waals surface area contributed by atoms with Gasteiger partial charge in [-0.25, -0.2) is 0 Å². The van der Waals surface area contributed by atoms with E-state index >= 15 is 0 Å². The summed E-state index contributed by atoms with van der Waals surface area (Å²) >= 11 is 3.00. The van der Waals surface area contributed by atoms with Crippen LogP contribution in [-0.2, 0) is 11.0 Å². The van der Waals surface area contributed by atoms with Gasteiger partial charge in [0.2, 0.25) is 5.91 Å². The SMILES string of the molecule is NC1(C(=O)Nc2ccc(Br)cc2C(F)(F)F)CCCCC1. The number of alkyl halides is 3. The van der Waals surface area contributed by atoms with Gasteiger partial charge in [-0.1, -0.05) is 35.2 Å². The Labute approximate surface area is 129 Å². The topological polar surface area (TPSA) is 55.1 Å². The Morgan fingerprint density at radius 3 is 2.43 bits per heavy atom. The van der Waals surface area contributed by atoms with Gasteiger partial charge in [0.15, 0.2) is 0 Å². The third-order valence-corrected chi connectivity index (χ3v) is 4.23. The van der Waals surface area contributed by atoms with Crippen molar-refractivity contribution in [1.82, 2.24) is 0 Å². The van der Waals surface area contributed by atoms with Crippen molar-refractivity contribution >= 4 is 27.5 Å². The van der Waals surface area contributed by atoms with Crippen molar-refractivity contribution in [2.45, 2.75) is 43.8 Å². The third-order valence-electron chi connectivity index (χ3n) is 3.73. The lowest BCUT2D eigenvalue weighted by Crippen LogP contribution is -2.52. The molecule has 3 N–H and O–H groups in total. The van der Waals surface area contributed by atoms with Crippen LogP contribution in [0.3, 0.4) is 0 Å². The number of anilines is 1. The van der Waals surface area contributed by atoms with Crippen LogP contribution in [0.4, 0.5) is 18.9 Å². The highest BCUT2D eigenvalue weighted by Gasteiger charge is 2.38. The number of nitrogens with two attached hydrogens (primary N) is 1. The second-order valence-corrected chi connectivity index (χ2v) is 6.27. The molecule has 0 unspecified atom stereocenters. The summed E-state index contributed by atoms with van der Waals surface area (Å²) < 4.78 is 39.3. The highest BCUT2D eigenvalue weighted by atomic mass is 79.9. The van der Waals surface area contributed by atoms with E-state index in [-0.39, 0.29) is 5.69 Å². The lowest BCUT2D eigenvalue weighted by molar-refractivity contribution is -0.137. The van der Waals surface area contributed by atoms with Gasteiger partial charge in [-0.3, -0.25) is 4.79 Å². The molecule has 2 rings (SSSR count). The molecule has 3 nitrogen and oxygen atoms in total. The maximum atomic E-state index is 13.0. The fourth-order valence-corrected chi connectivity index (χ4v) is 2.88. The second-order valence-electron chi connectivity index (χ2n) is 5.36. The summed E-state index contributed by atoms with van der Waals surface area (Å²) in [5, 5.41) is 2.35. The molecule has 1 fully saturated rings. The van der Waals surface area contributed by atoms with Crippen LogP contribution in [0.5, 0.6) is 0 Å². The minimum atomic E-state index is -4.54. The zero-order valence-corrected chi connectivity index (χ0v) is 12.9. The molecule has 0 atom stereocenters. The monoisotopic (exact) mass is 364 g/mol. The Kier molecular flexibility index (Phi) is 4.63. The van der Waals surface area contributed by atoms with Crippen LogP contribution in [0, 0.1) is 0 Å². The fraction of sp³-hybridized carbons (Fsp3) is 0.500. The highest BCUT2D eigenvalue weighted by Crippen LogP contribution is 2.37. The van der Waals surface area contributed by atoms with Gasteiger partial charge in [-0.2, -0.15) is 13.2 Å². The molecule has 1 saturated carbocycles. The first-order valence-corrected chi connectivity index (χ1v) is 7.49. The van der Waals surface area contributed by atoms with E-state index in [9.17, 15) is 18.0 Å². The molecule has 0 heterocycles. The van der Waals surface area contributed by atoms with Crippen LogP contribution >= 0.6 is 15.9 Å². The van der Waals surface area contributed by atoms with Gasteiger partial charge in [-0.15, -0.1) is 0 Å². The summed E-state index contributed by atoms with van der Waals surface area (Å²) in [7, 11) is 0. The van der Waals surface area contributed by atoms with E-state index in [1.165, 1.54) is 12.1 Å². The normalized spacial score (nSPS) is 18.3. The van der Waals surface area contributed by atoms with E-state index in [0.29, 0.717) is 17.3 Å². The number of hydrogen-bond donors (Lipinski definition) is 2. The maximum absolute atomic E-state index is 13.0. The van der Waals surface area contributed by atoms with Crippen LogP contribution in [-0.4, -0.2) is 11.4 Å². The molecule has 1 amide bonds. The third kappa shape index (κ3) is 3.77. The quantitative estimate of drug-likeness (QED) is 0.830. The molecule has 116 valence electrons. The van der Waals surface area contributed by atoms with Gasteiger partial charge in [0, 0.05) is 4.47 Å². The first kappa shape index (κ1) is 16.3. The van der Waals surface area contributed by atoms with E-state index in [4.69, 9.17) is 5.73 Å². The van der Waals surface area contributed by atoms with Crippen molar-refractivity contribution in [2.24, 2.45) is 5.73 Å². The summed E-state index contributed by atoms with van der Waals surface area (Å²) in [4.78, 5) is 12.2. The number of benzene rings is 1. The van der Waals surface area contributed by atoms with Gasteiger partial charge in [0.25, 0.3) is 0 Å². The number of amides is 1. The molecule has 0 bridgehead atoms. The van der Waals surface area contributed by atoms with E-state index < -0.39 is 23.2 Å². The van der Waals surface area contributed by atoms with Crippen molar-refractivity contribution in [1.29, 1.82) is 0 Å².